The maximum absolute atomic E-state index is 11.1. The second-order valence-corrected chi connectivity index (χ2v) is 5.41. The lowest BCUT2D eigenvalue weighted by atomic mass is 10.2. The van der Waals surface area contributed by atoms with E-state index in [0.717, 1.165) is 4.90 Å². The van der Waals surface area contributed by atoms with Crippen LogP contribution in [0.1, 0.15) is 15.9 Å². The molecule has 1 N–H and O–H groups in total. The lowest BCUT2D eigenvalue weighted by Crippen LogP contribution is -1.98. The van der Waals surface area contributed by atoms with Gasteiger partial charge in [0.25, 0.3) is 0 Å². The third-order valence-corrected chi connectivity index (χ3v) is 3.72. The zero-order chi connectivity index (χ0) is 13.1. The van der Waals surface area contributed by atoms with Crippen LogP contribution in [0.3, 0.4) is 0 Å². The number of aromatic carboxylic acids is 1. The molecule has 0 heterocycles. The Morgan fingerprint density at radius 2 is 1.83 bits per heavy atom. The van der Waals surface area contributed by atoms with E-state index in [1.54, 1.807) is 12.1 Å². The van der Waals surface area contributed by atoms with E-state index < -0.39 is 5.97 Å². The van der Waals surface area contributed by atoms with Gasteiger partial charge in [-0.1, -0.05) is 41.1 Å². The highest BCUT2D eigenvalue weighted by atomic mass is 35.5. The molecular formula is C14H11ClO2S. The molecule has 0 fully saturated rings. The SMILES string of the molecule is Cc1ccc(Sc2cc(Cl)ccc2C(=O)O)cc1. The van der Waals surface area contributed by atoms with E-state index in [0.29, 0.717) is 9.92 Å². The van der Waals surface area contributed by atoms with E-state index in [1.807, 2.05) is 31.2 Å². The molecule has 18 heavy (non-hydrogen) atoms. The fourth-order valence-electron chi connectivity index (χ4n) is 1.49. The summed E-state index contributed by atoms with van der Waals surface area (Å²) in [6.07, 6.45) is 0. The molecule has 2 rings (SSSR count). The molecule has 0 saturated carbocycles. The number of carboxylic acid groups (broad SMARTS) is 1. The van der Waals surface area contributed by atoms with Gasteiger partial charge in [0.15, 0.2) is 0 Å². The van der Waals surface area contributed by atoms with Crippen LogP contribution in [0.25, 0.3) is 0 Å². The summed E-state index contributed by atoms with van der Waals surface area (Å²) in [7, 11) is 0. The molecule has 0 saturated heterocycles. The first-order chi connectivity index (χ1) is 8.56. The van der Waals surface area contributed by atoms with Gasteiger partial charge in [0.2, 0.25) is 0 Å². The molecule has 0 aliphatic rings. The van der Waals surface area contributed by atoms with Crippen molar-refractivity contribution in [3.63, 3.8) is 0 Å². The molecular weight excluding hydrogens is 268 g/mol. The highest BCUT2D eigenvalue weighted by Gasteiger charge is 2.11. The fourth-order valence-corrected chi connectivity index (χ4v) is 2.70. The Kier molecular flexibility index (Phi) is 3.94. The average Bonchev–Trinajstić information content (AvgIpc) is 2.32. The van der Waals surface area contributed by atoms with Crippen molar-refractivity contribution in [2.75, 3.05) is 0 Å². The van der Waals surface area contributed by atoms with Gasteiger partial charge < -0.3 is 5.11 Å². The van der Waals surface area contributed by atoms with E-state index in [-0.39, 0.29) is 5.56 Å². The molecule has 0 atom stereocenters. The van der Waals surface area contributed by atoms with Gasteiger partial charge in [0, 0.05) is 14.8 Å². The molecule has 0 aliphatic carbocycles. The van der Waals surface area contributed by atoms with Gasteiger partial charge in [-0.3, -0.25) is 0 Å². The number of aryl methyl sites for hydroxylation is 1. The lowest BCUT2D eigenvalue weighted by Gasteiger charge is -2.06. The van der Waals surface area contributed by atoms with E-state index in [4.69, 9.17) is 16.7 Å². The van der Waals surface area contributed by atoms with Gasteiger partial charge in [0.05, 0.1) is 5.56 Å². The van der Waals surface area contributed by atoms with Crippen molar-refractivity contribution in [1.82, 2.24) is 0 Å². The zero-order valence-corrected chi connectivity index (χ0v) is 11.3. The number of benzene rings is 2. The Balaban J connectivity index is 2.35. The lowest BCUT2D eigenvalue weighted by molar-refractivity contribution is 0.0693. The highest BCUT2D eigenvalue weighted by Crippen LogP contribution is 2.32. The van der Waals surface area contributed by atoms with Crippen molar-refractivity contribution in [1.29, 1.82) is 0 Å². The minimum atomic E-state index is -0.943. The first kappa shape index (κ1) is 13.0. The molecule has 2 aromatic carbocycles. The van der Waals surface area contributed by atoms with Gasteiger partial charge in [-0.15, -0.1) is 0 Å². The monoisotopic (exact) mass is 278 g/mol. The standard InChI is InChI=1S/C14H11ClO2S/c1-9-2-5-11(6-3-9)18-13-8-10(15)4-7-12(13)14(16)17/h2-8H,1H3,(H,16,17). The van der Waals surface area contributed by atoms with Crippen molar-refractivity contribution < 1.29 is 9.90 Å². The molecule has 2 nitrogen and oxygen atoms in total. The van der Waals surface area contributed by atoms with Crippen molar-refractivity contribution in [3.05, 3.63) is 58.6 Å². The molecule has 0 spiro atoms. The molecule has 92 valence electrons. The number of hydrogen-bond acceptors (Lipinski definition) is 2. The molecule has 0 amide bonds. The van der Waals surface area contributed by atoms with Crippen molar-refractivity contribution in [2.24, 2.45) is 0 Å². The molecule has 0 radical (unpaired) electrons. The zero-order valence-electron chi connectivity index (χ0n) is 9.68. The van der Waals surface area contributed by atoms with Crippen molar-refractivity contribution in [3.8, 4) is 0 Å². The van der Waals surface area contributed by atoms with Crippen LogP contribution in [0.5, 0.6) is 0 Å². The fraction of sp³-hybridized carbons (Fsp3) is 0.0714. The van der Waals surface area contributed by atoms with Crippen LogP contribution < -0.4 is 0 Å². The Labute approximate surface area is 115 Å². The van der Waals surface area contributed by atoms with E-state index in [2.05, 4.69) is 0 Å². The van der Waals surface area contributed by atoms with Gasteiger partial charge >= 0.3 is 5.97 Å². The van der Waals surface area contributed by atoms with E-state index in [9.17, 15) is 4.79 Å². The Morgan fingerprint density at radius 3 is 2.44 bits per heavy atom. The normalized spacial score (nSPS) is 10.3. The minimum absolute atomic E-state index is 0.268. The minimum Gasteiger partial charge on any atom is -0.478 e. The number of rotatable bonds is 3. The first-order valence-corrected chi connectivity index (χ1v) is 6.53. The summed E-state index contributed by atoms with van der Waals surface area (Å²) in [6.45, 7) is 2.01. The molecule has 0 bridgehead atoms. The molecule has 0 aromatic heterocycles. The van der Waals surface area contributed by atoms with E-state index >= 15 is 0 Å². The quantitative estimate of drug-likeness (QED) is 0.898. The average molecular weight is 279 g/mol. The molecule has 0 aliphatic heterocycles. The maximum Gasteiger partial charge on any atom is 0.336 e. The van der Waals surface area contributed by atoms with E-state index in [1.165, 1.54) is 23.4 Å². The van der Waals surface area contributed by atoms with Crippen LogP contribution in [-0.4, -0.2) is 11.1 Å². The van der Waals surface area contributed by atoms with Crippen LogP contribution in [0.2, 0.25) is 5.02 Å². The maximum atomic E-state index is 11.1. The third kappa shape index (κ3) is 3.06. The summed E-state index contributed by atoms with van der Waals surface area (Å²) in [6, 6.07) is 12.7. The Morgan fingerprint density at radius 1 is 1.17 bits per heavy atom. The Bertz CT molecular complexity index is 579. The second kappa shape index (κ2) is 5.46. The molecule has 2 aromatic rings. The third-order valence-electron chi connectivity index (χ3n) is 2.42. The summed E-state index contributed by atoms with van der Waals surface area (Å²) >= 11 is 7.31. The van der Waals surface area contributed by atoms with Crippen molar-refractivity contribution >= 4 is 29.3 Å². The van der Waals surface area contributed by atoms with Crippen LogP contribution in [0.15, 0.2) is 52.3 Å². The molecule has 0 unspecified atom stereocenters. The van der Waals surface area contributed by atoms with Crippen molar-refractivity contribution in [2.45, 2.75) is 16.7 Å². The number of carboxylic acids is 1. The summed E-state index contributed by atoms with van der Waals surface area (Å²) in [5.41, 5.74) is 1.44. The van der Waals surface area contributed by atoms with Crippen LogP contribution in [0.4, 0.5) is 0 Å². The largest absolute Gasteiger partial charge is 0.478 e. The number of halogens is 1. The number of hydrogen-bond donors (Lipinski definition) is 1. The smallest absolute Gasteiger partial charge is 0.336 e. The van der Waals surface area contributed by atoms with Crippen LogP contribution >= 0.6 is 23.4 Å². The number of carbonyl (C=O) groups is 1. The predicted molar refractivity (Wildman–Crippen MR) is 73.7 cm³/mol. The first-order valence-electron chi connectivity index (χ1n) is 5.33. The van der Waals surface area contributed by atoms with Gasteiger partial charge in [-0.25, -0.2) is 4.79 Å². The van der Waals surface area contributed by atoms with Gasteiger partial charge in [0.1, 0.15) is 0 Å². The van der Waals surface area contributed by atoms with Crippen LogP contribution in [-0.2, 0) is 0 Å². The highest BCUT2D eigenvalue weighted by molar-refractivity contribution is 7.99. The van der Waals surface area contributed by atoms with Gasteiger partial charge in [-0.2, -0.15) is 0 Å². The summed E-state index contributed by atoms with van der Waals surface area (Å²) in [4.78, 5) is 12.8. The van der Waals surface area contributed by atoms with Crippen LogP contribution in [0, 0.1) is 6.92 Å². The topological polar surface area (TPSA) is 37.3 Å². The predicted octanol–water partition coefficient (Wildman–Crippen LogP) is 4.50. The summed E-state index contributed by atoms with van der Waals surface area (Å²) in [5, 5.41) is 9.66. The summed E-state index contributed by atoms with van der Waals surface area (Å²) in [5.74, 6) is -0.943. The van der Waals surface area contributed by atoms with Gasteiger partial charge in [-0.05, 0) is 37.3 Å². The second-order valence-electron chi connectivity index (χ2n) is 3.86. The molecule has 4 heteroatoms. The Hall–Kier alpha value is -1.45. The summed E-state index contributed by atoms with van der Waals surface area (Å²) < 4.78 is 0.